The summed E-state index contributed by atoms with van der Waals surface area (Å²) in [7, 11) is 0. The second kappa shape index (κ2) is 8.94. The van der Waals surface area contributed by atoms with E-state index in [1.54, 1.807) is 0 Å². The second-order valence-electron chi connectivity index (χ2n) is 5.38. The minimum absolute atomic E-state index is 0.113. The lowest BCUT2D eigenvalue weighted by molar-refractivity contribution is -0.130. The predicted molar refractivity (Wildman–Crippen MR) is 76.7 cm³/mol. The number of amides is 2. The molecule has 1 unspecified atom stereocenters. The molecule has 0 aliphatic carbocycles. The third-order valence-corrected chi connectivity index (χ3v) is 3.87. The quantitative estimate of drug-likeness (QED) is 0.734. The number of carbonyl (C=O) groups is 2. The van der Waals surface area contributed by atoms with Gasteiger partial charge >= 0.3 is 0 Å². The second-order valence-corrected chi connectivity index (χ2v) is 5.38. The molecular formula is C15H28N2O2. The van der Waals surface area contributed by atoms with Crippen LogP contribution in [0.2, 0.25) is 0 Å². The van der Waals surface area contributed by atoms with Crippen molar-refractivity contribution in [1.29, 1.82) is 0 Å². The van der Waals surface area contributed by atoms with Crippen LogP contribution < -0.4 is 5.32 Å². The van der Waals surface area contributed by atoms with Crippen LogP contribution in [0.25, 0.3) is 0 Å². The number of nitrogens with zero attached hydrogens (tertiary/aromatic N) is 1. The number of likely N-dealkylation sites (tertiary alicyclic amines) is 1. The molecule has 19 heavy (non-hydrogen) atoms. The van der Waals surface area contributed by atoms with Gasteiger partial charge in [0, 0.05) is 32.0 Å². The maximum Gasteiger partial charge on any atom is 0.224 e. The average molecular weight is 268 g/mol. The molecule has 0 radical (unpaired) electrons. The van der Waals surface area contributed by atoms with Crippen molar-refractivity contribution >= 4 is 11.8 Å². The summed E-state index contributed by atoms with van der Waals surface area (Å²) in [6, 6.07) is 0. The lowest BCUT2D eigenvalue weighted by Crippen LogP contribution is -2.35. The molecule has 110 valence electrons. The van der Waals surface area contributed by atoms with Gasteiger partial charge in [-0.25, -0.2) is 0 Å². The molecule has 0 bridgehead atoms. The molecule has 1 rings (SSSR count). The van der Waals surface area contributed by atoms with Gasteiger partial charge in [0.1, 0.15) is 0 Å². The first-order valence-corrected chi connectivity index (χ1v) is 7.74. The molecule has 1 fully saturated rings. The van der Waals surface area contributed by atoms with Crippen molar-refractivity contribution in [2.75, 3.05) is 19.6 Å². The molecule has 1 N–H and O–H groups in total. The molecule has 0 spiro atoms. The van der Waals surface area contributed by atoms with Gasteiger partial charge in [0.15, 0.2) is 0 Å². The lowest BCUT2D eigenvalue weighted by atomic mass is 9.98. The number of nitrogens with one attached hydrogen (secondary N) is 1. The van der Waals surface area contributed by atoms with Gasteiger partial charge in [0.05, 0.1) is 0 Å². The van der Waals surface area contributed by atoms with Crippen LogP contribution in [0.4, 0.5) is 0 Å². The van der Waals surface area contributed by atoms with E-state index in [2.05, 4.69) is 19.2 Å². The van der Waals surface area contributed by atoms with E-state index in [0.29, 0.717) is 13.0 Å². The SMILES string of the molecule is CCCCC(CC)C(=O)NCCC(=O)N1CCCC1. The Morgan fingerprint density at radius 1 is 1.21 bits per heavy atom. The van der Waals surface area contributed by atoms with Crippen LogP contribution in [-0.4, -0.2) is 36.3 Å². The Kier molecular flexibility index (Phi) is 7.53. The third-order valence-electron chi connectivity index (χ3n) is 3.87. The summed E-state index contributed by atoms with van der Waals surface area (Å²) in [6.07, 6.45) is 6.73. The van der Waals surface area contributed by atoms with Gasteiger partial charge in [-0.15, -0.1) is 0 Å². The Balaban J connectivity index is 2.19. The highest BCUT2D eigenvalue weighted by molar-refractivity contribution is 5.80. The highest BCUT2D eigenvalue weighted by Crippen LogP contribution is 2.12. The smallest absolute Gasteiger partial charge is 0.224 e. The van der Waals surface area contributed by atoms with Gasteiger partial charge < -0.3 is 10.2 Å². The maximum absolute atomic E-state index is 11.9. The van der Waals surface area contributed by atoms with Crippen LogP contribution in [0.5, 0.6) is 0 Å². The third kappa shape index (κ3) is 5.62. The summed E-state index contributed by atoms with van der Waals surface area (Å²) in [5, 5.41) is 2.91. The molecular weight excluding hydrogens is 240 g/mol. The predicted octanol–water partition coefficient (Wildman–Crippen LogP) is 2.33. The van der Waals surface area contributed by atoms with E-state index in [1.807, 2.05) is 4.90 Å². The van der Waals surface area contributed by atoms with E-state index < -0.39 is 0 Å². The summed E-state index contributed by atoms with van der Waals surface area (Å²) in [5.74, 6) is 0.409. The van der Waals surface area contributed by atoms with Gasteiger partial charge in [-0.3, -0.25) is 9.59 Å². The fourth-order valence-corrected chi connectivity index (χ4v) is 2.53. The molecule has 4 heteroatoms. The first-order chi connectivity index (χ1) is 9.19. The zero-order valence-corrected chi connectivity index (χ0v) is 12.4. The van der Waals surface area contributed by atoms with Crippen LogP contribution in [0, 0.1) is 5.92 Å². The monoisotopic (exact) mass is 268 g/mol. The average Bonchev–Trinajstić information content (AvgIpc) is 2.93. The van der Waals surface area contributed by atoms with Crippen molar-refractivity contribution in [2.24, 2.45) is 5.92 Å². The zero-order chi connectivity index (χ0) is 14.1. The Morgan fingerprint density at radius 2 is 1.89 bits per heavy atom. The first kappa shape index (κ1) is 16.0. The van der Waals surface area contributed by atoms with Crippen molar-refractivity contribution in [2.45, 2.75) is 58.8 Å². The van der Waals surface area contributed by atoms with Crippen LogP contribution in [0.15, 0.2) is 0 Å². The molecule has 1 atom stereocenters. The van der Waals surface area contributed by atoms with Crippen molar-refractivity contribution < 1.29 is 9.59 Å². The molecule has 1 aliphatic rings. The van der Waals surface area contributed by atoms with Gasteiger partial charge in [-0.05, 0) is 25.7 Å². The minimum Gasteiger partial charge on any atom is -0.355 e. The minimum atomic E-state index is 0.113. The lowest BCUT2D eigenvalue weighted by Gasteiger charge is -2.17. The van der Waals surface area contributed by atoms with E-state index in [0.717, 1.165) is 51.6 Å². The van der Waals surface area contributed by atoms with E-state index in [9.17, 15) is 9.59 Å². The molecule has 2 amide bonds. The van der Waals surface area contributed by atoms with E-state index >= 15 is 0 Å². The van der Waals surface area contributed by atoms with Gasteiger partial charge in [-0.1, -0.05) is 26.7 Å². The van der Waals surface area contributed by atoms with Gasteiger partial charge in [0.25, 0.3) is 0 Å². The number of carbonyl (C=O) groups excluding carboxylic acids is 2. The normalized spacial score (nSPS) is 16.4. The maximum atomic E-state index is 11.9. The zero-order valence-electron chi connectivity index (χ0n) is 12.4. The Hall–Kier alpha value is -1.06. The number of rotatable bonds is 8. The molecule has 0 aromatic rings. The summed E-state index contributed by atoms with van der Waals surface area (Å²) >= 11 is 0. The summed E-state index contributed by atoms with van der Waals surface area (Å²) in [5.41, 5.74) is 0. The number of unbranched alkanes of at least 4 members (excludes halogenated alkanes) is 1. The summed E-state index contributed by atoms with van der Waals surface area (Å²) in [4.78, 5) is 25.7. The largest absolute Gasteiger partial charge is 0.355 e. The van der Waals surface area contributed by atoms with Crippen molar-refractivity contribution in [3.05, 3.63) is 0 Å². The number of hydrogen-bond donors (Lipinski definition) is 1. The summed E-state index contributed by atoms with van der Waals surface area (Å²) in [6.45, 7) is 6.45. The standard InChI is InChI=1S/C15H28N2O2/c1-3-5-8-13(4-2)15(19)16-10-9-14(18)17-11-6-7-12-17/h13H,3-12H2,1-2H3,(H,16,19). The molecule has 1 heterocycles. The molecule has 1 aliphatic heterocycles. The topological polar surface area (TPSA) is 49.4 Å². The van der Waals surface area contributed by atoms with Crippen molar-refractivity contribution in [3.8, 4) is 0 Å². The molecule has 0 aromatic heterocycles. The fraction of sp³-hybridized carbons (Fsp3) is 0.867. The van der Waals surface area contributed by atoms with Gasteiger partial charge in [-0.2, -0.15) is 0 Å². The highest BCUT2D eigenvalue weighted by atomic mass is 16.2. The van der Waals surface area contributed by atoms with Crippen LogP contribution >= 0.6 is 0 Å². The fourth-order valence-electron chi connectivity index (χ4n) is 2.53. The highest BCUT2D eigenvalue weighted by Gasteiger charge is 2.19. The Morgan fingerprint density at radius 3 is 2.47 bits per heavy atom. The van der Waals surface area contributed by atoms with E-state index in [1.165, 1.54) is 0 Å². The van der Waals surface area contributed by atoms with Crippen molar-refractivity contribution in [1.82, 2.24) is 10.2 Å². The summed E-state index contributed by atoms with van der Waals surface area (Å²) < 4.78 is 0. The van der Waals surface area contributed by atoms with Crippen LogP contribution in [-0.2, 0) is 9.59 Å². The molecule has 4 nitrogen and oxygen atoms in total. The van der Waals surface area contributed by atoms with E-state index in [4.69, 9.17) is 0 Å². The Labute approximate surface area is 116 Å². The molecule has 1 saturated heterocycles. The van der Waals surface area contributed by atoms with Crippen LogP contribution in [0.1, 0.15) is 58.8 Å². The Bertz CT molecular complexity index is 286. The molecule has 0 saturated carbocycles. The number of hydrogen-bond acceptors (Lipinski definition) is 2. The first-order valence-electron chi connectivity index (χ1n) is 7.74. The van der Waals surface area contributed by atoms with Crippen LogP contribution in [0.3, 0.4) is 0 Å². The van der Waals surface area contributed by atoms with Crippen molar-refractivity contribution in [3.63, 3.8) is 0 Å². The molecule has 0 aromatic carbocycles. The van der Waals surface area contributed by atoms with E-state index in [-0.39, 0.29) is 17.7 Å². The van der Waals surface area contributed by atoms with Gasteiger partial charge in [0.2, 0.25) is 11.8 Å².